The van der Waals surface area contributed by atoms with Crippen LogP contribution in [0.2, 0.25) is 0 Å². The van der Waals surface area contributed by atoms with Crippen LogP contribution in [0.5, 0.6) is 0 Å². The van der Waals surface area contributed by atoms with E-state index in [9.17, 15) is 4.79 Å². The summed E-state index contributed by atoms with van der Waals surface area (Å²) >= 11 is 0. The van der Waals surface area contributed by atoms with E-state index in [-0.39, 0.29) is 24.4 Å². The van der Waals surface area contributed by atoms with Gasteiger partial charge in [-0.05, 0) is 19.3 Å². The normalized spacial score (nSPS) is 26.3. The second-order valence-electron chi connectivity index (χ2n) is 3.21. The molecule has 2 atom stereocenters. The van der Waals surface area contributed by atoms with Gasteiger partial charge in [-0.1, -0.05) is 11.8 Å². The Morgan fingerprint density at radius 3 is 3.00 bits per heavy atom. The van der Waals surface area contributed by atoms with Crippen molar-refractivity contribution >= 4 is 5.97 Å². The number of carbonyl (C=O) groups is 1. The predicted octanol–water partition coefficient (Wildman–Crippen LogP) is 0.571. The van der Waals surface area contributed by atoms with Crippen LogP contribution in [-0.2, 0) is 9.53 Å². The smallest absolute Gasteiger partial charge is 0.308 e. The van der Waals surface area contributed by atoms with Gasteiger partial charge < -0.3 is 9.84 Å². The van der Waals surface area contributed by atoms with Crippen LogP contribution in [0.1, 0.15) is 19.3 Å². The highest BCUT2D eigenvalue weighted by Crippen LogP contribution is 2.30. The third-order valence-electron chi connectivity index (χ3n) is 2.35. The minimum atomic E-state index is -0.131. The molecule has 0 saturated heterocycles. The highest BCUT2D eigenvalue weighted by molar-refractivity contribution is 5.72. The number of aliphatic hydroxyl groups excluding tert-OH is 1. The van der Waals surface area contributed by atoms with Gasteiger partial charge in [0.1, 0.15) is 6.61 Å². The van der Waals surface area contributed by atoms with Crippen molar-refractivity contribution in [3.05, 3.63) is 0 Å². The lowest BCUT2D eigenvalue weighted by Crippen LogP contribution is -2.12. The van der Waals surface area contributed by atoms with Crippen LogP contribution in [0, 0.1) is 23.7 Å². The fourth-order valence-corrected chi connectivity index (χ4v) is 1.68. The highest BCUT2D eigenvalue weighted by Gasteiger charge is 2.29. The SMILES string of the molecule is COC(=O)[C@H]1CC[C@@H](C#CCO)C1. The Kier molecular flexibility index (Phi) is 3.78. The van der Waals surface area contributed by atoms with Gasteiger partial charge in [0.05, 0.1) is 13.0 Å². The summed E-state index contributed by atoms with van der Waals surface area (Å²) in [5.74, 6) is 5.70. The first kappa shape index (κ1) is 10.1. The molecule has 1 aliphatic carbocycles. The van der Waals surface area contributed by atoms with Crippen molar-refractivity contribution in [2.45, 2.75) is 19.3 Å². The van der Waals surface area contributed by atoms with Crippen molar-refractivity contribution in [1.82, 2.24) is 0 Å². The van der Waals surface area contributed by atoms with Crippen molar-refractivity contribution in [3.63, 3.8) is 0 Å². The summed E-state index contributed by atoms with van der Waals surface area (Å²) in [6, 6.07) is 0. The van der Waals surface area contributed by atoms with Crippen LogP contribution in [0.4, 0.5) is 0 Å². The maximum Gasteiger partial charge on any atom is 0.308 e. The van der Waals surface area contributed by atoms with Gasteiger partial charge >= 0.3 is 5.97 Å². The number of carbonyl (C=O) groups excluding carboxylic acids is 1. The lowest BCUT2D eigenvalue weighted by atomic mass is 10.1. The van der Waals surface area contributed by atoms with E-state index in [1.54, 1.807) is 0 Å². The molecule has 0 spiro atoms. The van der Waals surface area contributed by atoms with E-state index in [2.05, 4.69) is 16.6 Å². The number of hydrogen-bond acceptors (Lipinski definition) is 3. The van der Waals surface area contributed by atoms with E-state index in [4.69, 9.17) is 5.11 Å². The molecule has 1 N–H and O–H groups in total. The van der Waals surface area contributed by atoms with E-state index in [0.717, 1.165) is 19.3 Å². The zero-order valence-electron chi connectivity index (χ0n) is 7.75. The average Bonchev–Trinajstić information content (AvgIpc) is 2.62. The molecule has 72 valence electrons. The number of esters is 1. The second kappa shape index (κ2) is 4.88. The quantitative estimate of drug-likeness (QED) is 0.476. The Bertz CT molecular complexity index is 236. The van der Waals surface area contributed by atoms with Gasteiger partial charge in [-0.25, -0.2) is 0 Å². The molecular formula is C10H14O3. The van der Waals surface area contributed by atoms with E-state index in [0.29, 0.717) is 0 Å². The van der Waals surface area contributed by atoms with Gasteiger partial charge in [-0.15, -0.1) is 0 Å². The molecule has 0 unspecified atom stereocenters. The molecule has 3 nitrogen and oxygen atoms in total. The van der Waals surface area contributed by atoms with Crippen molar-refractivity contribution in [1.29, 1.82) is 0 Å². The number of ether oxygens (including phenoxy) is 1. The van der Waals surface area contributed by atoms with E-state index >= 15 is 0 Å². The Morgan fingerprint density at radius 2 is 2.38 bits per heavy atom. The molecule has 0 aromatic carbocycles. The monoisotopic (exact) mass is 182 g/mol. The van der Waals surface area contributed by atoms with Crippen LogP contribution in [0.3, 0.4) is 0 Å². The Morgan fingerprint density at radius 1 is 1.62 bits per heavy atom. The van der Waals surface area contributed by atoms with Gasteiger partial charge in [0.25, 0.3) is 0 Å². The number of aliphatic hydroxyl groups is 1. The first-order valence-corrected chi connectivity index (χ1v) is 4.45. The molecule has 0 amide bonds. The van der Waals surface area contributed by atoms with Gasteiger partial charge in [0.2, 0.25) is 0 Å². The molecule has 0 radical (unpaired) electrons. The minimum absolute atomic E-state index is 0.0167. The molecule has 0 aromatic rings. The Balaban J connectivity index is 2.40. The fraction of sp³-hybridized carbons (Fsp3) is 0.700. The molecule has 0 aromatic heterocycles. The second-order valence-corrected chi connectivity index (χ2v) is 3.21. The highest BCUT2D eigenvalue weighted by atomic mass is 16.5. The van der Waals surface area contributed by atoms with Gasteiger partial charge in [-0.3, -0.25) is 4.79 Å². The summed E-state index contributed by atoms with van der Waals surface area (Å²) in [5, 5.41) is 8.48. The van der Waals surface area contributed by atoms with Crippen molar-refractivity contribution in [2.24, 2.45) is 11.8 Å². The molecule has 0 aliphatic heterocycles. The van der Waals surface area contributed by atoms with Gasteiger partial charge in [-0.2, -0.15) is 0 Å². The standard InChI is InChI=1S/C10H14O3/c1-13-10(12)9-5-4-8(7-9)3-2-6-11/h8-9,11H,4-7H2,1H3/t8-,9+/m1/s1. The van der Waals surface area contributed by atoms with Crippen molar-refractivity contribution < 1.29 is 14.6 Å². The first-order valence-electron chi connectivity index (χ1n) is 4.45. The summed E-state index contributed by atoms with van der Waals surface area (Å²) in [4.78, 5) is 11.1. The third-order valence-corrected chi connectivity index (χ3v) is 2.35. The largest absolute Gasteiger partial charge is 0.469 e. The van der Waals surface area contributed by atoms with Gasteiger partial charge in [0, 0.05) is 5.92 Å². The fourth-order valence-electron chi connectivity index (χ4n) is 1.68. The van der Waals surface area contributed by atoms with Crippen molar-refractivity contribution in [2.75, 3.05) is 13.7 Å². The summed E-state index contributed by atoms with van der Waals surface area (Å²) in [5.41, 5.74) is 0. The average molecular weight is 182 g/mol. The maximum absolute atomic E-state index is 11.1. The van der Waals surface area contributed by atoms with Crippen LogP contribution in [-0.4, -0.2) is 24.8 Å². The molecular weight excluding hydrogens is 168 g/mol. The van der Waals surface area contributed by atoms with Crippen LogP contribution in [0.15, 0.2) is 0 Å². The van der Waals surface area contributed by atoms with Crippen LogP contribution >= 0.6 is 0 Å². The first-order chi connectivity index (χ1) is 6.27. The van der Waals surface area contributed by atoms with E-state index in [1.165, 1.54) is 7.11 Å². The summed E-state index contributed by atoms with van der Waals surface area (Å²) < 4.78 is 4.65. The molecule has 13 heavy (non-hydrogen) atoms. The number of rotatable bonds is 1. The summed E-state index contributed by atoms with van der Waals surface area (Å²) in [6.45, 7) is -0.0978. The van der Waals surface area contributed by atoms with Gasteiger partial charge in [0.15, 0.2) is 0 Å². The molecule has 3 heteroatoms. The molecule has 0 bridgehead atoms. The number of hydrogen-bond donors (Lipinski definition) is 1. The lowest BCUT2D eigenvalue weighted by molar-refractivity contribution is -0.145. The molecule has 1 fully saturated rings. The Hall–Kier alpha value is -1.01. The molecule has 1 rings (SSSR count). The Labute approximate surface area is 78.1 Å². The molecule has 1 saturated carbocycles. The number of methoxy groups -OCH3 is 1. The molecule has 1 aliphatic rings. The zero-order chi connectivity index (χ0) is 9.68. The van der Waals surface area contributed by atoms with Crippen molar-refractivity contribution in [3.8, 4) is 11.8 Å². The van der Waals surface area contributed by atoms with E-state index in [1.807, 2.05) is 0 Å². The zero-order valence-corrected chi connectivity index (χ0v) is 7.75. The summed E-state index contributed by atoms with van der Waals surface area (Å²) in [7, 11) is 1.41. The molecule has 0 heterocycles. The minimum Gasteiger partial charge on any atom is -0.469 e. The van der Waals surface area contributed by atoms with Crippen LogP contribution < -0.4 is 0 Å². The van der Waals surface area contributed by atoms with E-state index < -0.39 is 0 Å². The topological polar surface area (TPSA) is 46.5 Å². The third kappa shape index (κ3) is 2.74. The lowest BCUT2D eigenvalue weighted by Gasteiger charge is -2.04. The van der Waals surface area contributed by atoms with Crippen LogP contribution in [0.25, 0.3) is 0 Å². The predicted molar refractivity (Wildman–Crippen MR) is 47.7 cm³/mol. The summed E-state index contributed by atoms with van der Waals surface area (Å²) in [6.07, 6.45) is 2.57. The maximum atomic E-state index is 11.1.